The summed E-state index contributed by atoms with van der Waals surface area (Å²) in [5.41, 5.74) is 3.69. The average molecular weight is 620 g/mol. The summed E-state index contributed by atoms with van der Waals surface area (Å²) in [5.74, 6) is 1.31. The van der Waals surface area contributed by atoms with E-state index in [1.807, 2.05) is 38.1 Å². The van der Waals surface area contributed by atoms with Gasteiger partial charge < -0.3 is 19.3 Å². The molecule has 0 amide bonds. The minimum Gasteiger partial charge on any atom is -0.493 e. The van der Waals surface area contributed by atoms with Crippen molar-refractivity contribution in [2.75, 3.05) is 6.61 Å². The molecule has 0 fully saturated rings. The number of rotatable bonds is 11. The van der Waals surface area contributed by atoms with Crippen molar-refractivity contribution < 1.29 is 24.1 Å². The van der Waals surface area contributed by atoms with Crippen LogP contribution < -0.4 is 9.47 Å². The summed E-state index contributed by atoms with van der Waals surface area (Å²) in [6, 6.07) is 17.6. The van der Waals surface area contributed by atoms with Crippen LogP contribution in [0.15, 0.2) is 63.5 Å². The molecule has 1 unspecified atom stereocenters. The summed E-state index contributed by atoms with van der Waals surface area (Å²) in [7, 11) is 0. The zero-order valence-electron chi connectivity index (χ0n) is 21.2. The van der Waals surface area contributed by atoms with Crippen molar-refractivity contribution >= 4 is 37.8 Å². The van der Waals surface area contributed by atoms with Gasteiger partial charge in [0.25, 0.3) is 0 Å². The Hall–Kier alpha value is -2.35. The third kappa shape index (κ3) is 7.82. The molecule has 3 rings (SSSR count). The van der Waals surface area contributed by atoms with E-state index in [0.29, 0.717) is 44.3 Å². The molecule has 0 heterocycles. The molecule has 0 aliphatic rings. The Kier molecular flexibility index (Phi) is 10.00. The second-order valence-corrected chi connectivity index (χ2v) is 11.2. The van der Waals surface area contributed by atoms with Crippen LogP contribution in [0.2, 0.25) is 0 Å². The van der Waals surface area contributed by atoms with E-state index < -0.39 is 5.97 Å². The molecule has 36 heavy (non-hydrogen) atoms. The summed E-state index contributed by atoms with van der Waals surface area (Å²) in [6.45, 7) is 10.9. The zero-order valence-corrected chi connectivity index (χ0v) is 24.4. The molecular weight excluding hydrogens is 588 g/mol. The molecule has 192 valence electrons. The largest absolute Gasteiger partial charge is 0.493 e. The van der Waals surface area contributed by atoms with Crippen molar-refractivity contribution in [3.05, 3.63) is 85.8 Å². The van der Waals surface area contributed by atoms with E-state index in [2.05, 4.69) is 70.8 Å². The molecule has 5 nitrogen and oxygen atoms in total. The van der Waals surface area contributed by atoms with Crippen molar-refractivity contribution in [1.29, 1.82) is 0 Å². The minimum atomic E-state index is -0.897. The maximum atomic E-state index is 11.2. The molecule has 0 bridgehead atoms. The van der Waals surface area contributed by atoms with Crippen LogP contribution in [0, 0.1) is 12.8 Å². The van der Waals surface area contributed by atoms with Gasteiger partial charge in [0.15, 0.2) is 5.75 Å². The molecule has 3 aromatic rings. The number of ether oxygens (including phenoxy) is 3. The first-order chi connectivity index (χ1) is 17.0. The molecule has 0 saturated carbocycles. The van der Waals surface area contributed by atoms with Gasteiger partial charge in [-0.05, 0) is 93.9 Å². The number of carbonyl (C=O) groups is 1. The van der Waals surface area contributed by atoms with Crippen molar-refractivity contribution in [3.63, 3.8) is 0 Å². The summed E-state index contributed by atoms with van der Waals surface area (Å²) in [5, 5.41) is 9.18. The Morgan fingerprint density at radius 3 is 2.25 bits per heavy atom. The lowest BCUT2D eigenvalue weighted by Gasteiger charge is -2.25. The van der Waals surface area contributed by atoms with Crippen LogP contribution in [0.25, 0.3) is 0 Å². The molecule has 0 aliphatic heterocycles. The molecule has 7 heteroatoms. The molecule has 0 aromatic heterocycles. The van der Waals surface area contributed by atoms with Gasteiger partial charge in [0.2, 0.25) is 0 Å². The van der Waals surface area contributed by atoms with Gasteiger partial charge >= 0.3 is 5.97 Å². The lowest BCUT2D eigenvalue weighted by Crippen LogP contribution is -2.13. The number of hydrogen-bond acceptors (Lipinski definition) is 4. The van der Waals surface area contributed by atoms with Crippen molar-refractivity contribution in [2.45, 2.75) is 53.2 Å². The van der Waals surface area contributed by atoms with E-state index in [-0.39, 0.29) is 18.6 Å². The number of benzene rings is 3. The van der Waals surface area contributed by atoms with Gasteiger partial charge in [0, 0.05) is 11.6 Å². The Morgan fingerprint density at radius 1 is 0.972 bits per heavy atom. The van der Waals surface area contributed by atoms with Crippen LogP contribution in [0.1, 0.15) is 56.1 Å². The quantitative estimate of drug-likeness (QED) is 0.233. The minimum absolute atomic E-state index is 0.0194. The molecule has 0 saturated heterocycles. The van der Waals surface area contributed by atoms with Crippen molar-refractivity contribution in [2.24, 2.45) is 5.92 Å². The fraction of sp³-hybridized carbons (Fsp3) is 0.345. The third-order valence-electron chi connectivity index (χ3n) is 5.23. The molecule has 1 atom stereocenters. The average Bonchev–Trinajstić information content (AvgIpc) is 2.78. The van der Waals surface area contributed by atoms with E-state index in [1.165, 1.54) is 0 Å². The molecule has 0 spiro atoms. The highest BCUT2D eigenvalue weighted by atomic mass is 79.9. The first-order valence-corrected chi connectivity index (χ1v) is 13.5. The Bertz CT molecular complexity index is 1180. The highest BCUT2D eigenvalue weighted by Crippen LogP contribution is 2.43. The normalized spacial score (nSPS) is 12.1. The fourth-order valence-corrected chi connectivity index (χ4v) is 5.15. The Labute approximate surface area is 230 Å². The van der Waals surface area contributed by atoms with Crippen LogP contribution in [-0.4, -0.2) is 23.8 Å². The molecule has 1 N–H and O–H groups in total. The summed E-state index contributed by atoms with van der Waals surface area (Å²) in [4.78, 5) is 11.2. The van der Waals surface area contributed by atoms with E-state index in [0.717, 1.165) is 16.7 Å². The standard InChI is InChI=1S/C29H32Br2O5/c1-17(2)16-34-22-9-10-23(28(35-18(3)4)21-8-6-7-19(5)11-21)26(15-22)36-29-24(30)12-20(13-25(29)31)14-27(32)33/h6-13,15,17-18,28H,14,16H2,1-5H3,(H,32,33). The first kappa shape index (κ1) is 28.2. The monoisotopic (exact) mass is 618 g/mol. The summed E-state index contributed by atoms with van der Waals surface area (Å²) in [6.07, 6.45) is -0.462. The molecular formula is C29H32Br2O5. The second kappa shape index (κ2) is 12.7. The van der Waals surface area contributed by atoms with Gasteiger partial charge in [-0.1, -0.05) is 43.7 Å². The Morgan fingerprint density at radius 2 is 1.67 bits per heavy atom. The van der Waals surface area contributed by atoms with Gasteiger partial charge in [-0.25, -0.2) is 0 Å². The van der Waals surface area contributed by atoms with Gasteiger partial charge in [0.05, 0.1) is 28.1 Å². The number of aryl methyl sites for hydroxylation is 1. The smallest absolute Gasteiger partial charge is 0.307 e. The molecule has 0 radical (unpaired) electrons. The van der Waals surface area contributed by atoms with Crippen LogP contribution in [0.3, 0.4) is 0 Å². The lowest BCUT2D eigenvalue weighted by molar-refractivity contribution is -0.136. The Balaban J connectivity index is 2.10. The predicted octanol–water partition coefficient (Wildman–Crippen LogP) is 8.49. The van der Waals surface area contributed by atoms with E-state index in [1.54, 1.807) is 12.1 Å². The second-order valence-electron chi connectivity index (χ2n) is 9.44. The SMILES string of the molecule is Cc1cccc(C(OC(C)C)c2ccc(OCC(C)C)cc2Oc2c(Br)cc(CC(=O)O)cc2Br)c1. The first-order valence-electron chi connectivity index (χ1n) is 11.9. The highest BCUT2D eigenvalue weighted by molar-refractivity contribution is 9.11. The maximum Gasteiger partial charge on any atom is 0.307 e. The highest BCUT2D eigenvalue weighted by Gasteiger charge is 2.23. The number of hydrogen-bond donors (Lipinski definition) is 1. The predicted molar refractivity (Wildman–Crippen MR) is 149 cm³/mol. The molecule has 0 aliphatic carbocycles. The van der Waals surface area contributed by atoms with Gasteiger partial charge in [0.1, 0.15) is 17.6 Å². The van der Waals surface area contributed by atoms with Crippen molar-refractivity contribution in [3.8, 4) is 17.2 Å². The van der Waals surface area contributed by atoms with E-state index in [9.17, 15) is 9.90 Å². The topological polar surface area (TPSA) is 65.0 Å². The van der Waals surface area contributed by atoms with Crippen LogP contribution in [-0.2, 0) is 16.0 Å². The van der Waals surface area contributed by atoms with Crippen LogP contribution in [0.5, 0.6) is 17.2 Å². The van der Waals surface area contributed by atoms with Gasteiger partial charge in [-0.15, -0.1) is 0 Å². The molecule has 3 aromatic carbocycles. The zero-order chi connectivity index (χ0) is 26.4. The van der Waals surface area contributed by atoms with Gasteiger partial charge in [-0.2, -0.15) is 0 Å². The summed E-state index contributed by atoms with van der Waals surface area (Å²) >= 11 is 7.12. The van der Waals surface area contributed by atoms with E-state index >= 15 is 0 Å². The summed E-state index contributed by atoms with van der Waals surface area (Å²) < 4.78 is 20.2. The van der Waals surface area contributed by atoms with Gasteiger partial charge in [-0.3, -0.25) is 4.79 Å². The number of carboxylic acids is 1. The fourth-order valence-electron chi connectivity index (χ4n) is 3.71. The lowest BCUT2D eigenvalue weighted by atomic mass is 9.98. The number of halogens is 2. The van der Waals surface area contributed by atoms with Crippen molar-refractivity contribution in [1.82, 2.24) is 0 Å². The van der Waals surface area contributed by atoms with Crippen LogP contribution >= 0.6 is 31.9 Å². The van der Waals surface area contributed by atoms with Crippen LogP contribution in [0.4, 0.5) is 0 Å². The van der Waals surface area contributed by atoms with E-state index in [4.69, 9.17) is 14.2 Å². The number of aliphatic carboxylic acids is 1. The number of carboxylic acid groups (broad SMARTS) is 1. The third-order valence-corrected chi connectivity index (χ3v) is 6.41. The maximum absolute atomic E-state index is 11.2.